The molecule has 0 spiro atoms. The van der Waals surface area contributed by atoms with Gasteiger partial charge in [0.05, 0.1) is 18.4 Å². The molecule has 2 heterocycles. The van der Waals surface area contributed by atoms with Gasteiger partial charge in [-0.05, 0) is 42.0 Å². The molecule has 1 amide bonds. The molecule has 0 radical (unpaired) electrons. The lowest BCUT2D eigenvalue weighted by Gasteiger charge is -2.31. The Hall–Kier alpha value is -3.15. The standard InChI is InChI=1S/C20H16FNO4/c1-25-15-8-2-12(3-9-15)16-10-18(23)22(14-6-4-13(21)5-7-14)17-11-26-20(24)19(16)17/h2-9,16H,10-11H2,1H3/t16-/m1/s1. The van der Waals surface area contributed by atoms with Crippen LogP contribution in [0.15, 0.2) is 59.8 Å². The van der Waals surface area contributed by atoms with E-state index in [1.807, 2.05) is 12.1 Å². The van der Waals surface area contributed by atoms with Crippen molar-refractivity contribution in [2.45, 2.75) is 12.3 Å². The number of halogens is 1. The van der Waals surface area contributed by atoms with Crippen LogP contribution < -0.4 is 9.64 Å². The van der Waals surface area contributed by atoms with Crippen LogP contribution in [0.4, 0.5) is 10.1 Å². The van der Waals surface area contributed by atoms with Crippen LogP contribution in [-0.2, 0) is 14.3 Å². The molecule has 0 N–H and O–H groups in total. The van der Waals surface area contributed by atoms with Crippen LogP contribution in [0.2, 0.25) is 0 Å². The summed E-state index contributed by atoms with van der Waals surface area (Å²) in [6.07, 6.45) is 0.137. The topological polar surface area (TPSA) is 55.8 Å². The molecular weight excluding hydrogens is 337 g/mol. The molecule has 5 nitrogen and oxygen atoms in total. The maximum absolute atomic E-state index is 13.2. The van der Waals surface area contributed by atoms with E-state index in [0.717, 1.165) is 5.56 Å². The molecule has 0 saturated carbocycles. The minimum absolute atomic E-state index is 0.0317. The second-order valence-electron chi connectivity index (χ2n) is 6.17. The van der Waals surface area contributed by atoms with Gasteiger partial charge in [-0.25, -0.2) is 9.18 Å². The number of anilines is 1. The summed E-state index contributed by atoms with van der Waals surface area (Å²) in [7, 11) is 1.58. The van der Waals surface area contributed by atoms with E-state index in [9.17, 15) is 14.0 Å². The van der Waals surface area contributed by atoms with Gasteiger partial charge in [0.2, 0.25) is 5.91 Å². The number of hydrogen-bond donors (Lipinski definition) is 0. The molecule has 2 aliphatic rings. The minimum Gasteiger partial charge on any atom is -0.497 e. The first-order valence-corrected chi connectivity index (χ1v) is 8.21. The largest absolute Gasteiger partial charge is 0.497 e. The highest BCUT2D eigenvalue weighted by atomic mass is 19.1. The molecule has 4 rings (SSSR count). The van der Waals surface area contributed by atoms with Crippen LogP contribution in [0.5, 0.6) is 5.75 Å². The van der Waals surface area contributed by atoms with Gasteiger partial charge in [-0.2, -0.15) is 0 Å². The van der Waals surface area contributed by atoms with Crippen molar-refractivity contribution in [1.29, 1.82) is 0 Å². The summed E-state index contributed by atoms with van der Waals surface area (Å²) < 4.78 is 23.6. The molecule has 0 aromatic heterocycles. The number of ether oxygens (including phenoxy) is 2. The summed E-state index contributed by atoms with van der Waals surface area (Å²) in [6, 6.07) is 12.9. The van der Waals surface area contributed by atoms with Crippen LogP contribution in [0.3, 0.4) is 0 Å². The maximum Gasteiger partial charge on any atom is 0.336 e. The summed E-state index contributed by atoms with van der Waals surface area (Å²) in [5.74, 6) is -0.626. The molecular formula is C20H16FNO4. The van der Waals surface area contributed by atoms with Gasteiger partial charge in [0.15, 0.2) is 0 Å². The molecule has 0 unspecified atom stereocenters. The lowest BCUT2D eigenvalue weighted by Crippen LogP contribution is -2.37. The Balaban J connectivity index is 1.78. The maximum atomic E-state index is 13.2. The van der Waals surface area contributed by atoms with Crippen molar-refractivity contribution >= 4 is 17.6 Å². The monoisotopic (exact) mass is 353 g/mol. The van der Waals surface area contributed by atoms with Crippen molar-refractivity contribution < 1.29 is 23.5 Å². The highest BCUT2D eigenvalue weighted by Crippen LogP contribution is 2.42. The van der Waals surface area contributed by atoms with Crippen LogP contribution in [-0.4, -0.2) is 25.6 Å². The Labute approximate surface area is 149 Å². The molecule has 0 aliphatic carbocycles. The first kappa shape index (κ1) is 16.3. The average Bonchev–Trinajstić information content (AvgIpc) is 3.04. The third kappa shape index (κ3) is 2.63. The number of carbonyl (C=O) groups is 2. The number of benzene rings is 2. The van der Waals surface area contributed by atoms with E-state index in [0.29, 0.717) is 22.7 Å². The van der Waals surface area contributed by atoms with Crippen LogP contribution in [0.25, 0.3) is 0 Å². The fourth-order valence-corrected chi connectivity index (χ4v) is 3.46. The van der Waals surface area contributed by atoms with E-state index in [4.69, 9.17) is 9.47 Å². The van der Waals surface area contributed by atoms with Gasteiger partial charge >= 0.3 is 5.97 Å². The highest BCUT2D eigenvalue weighted by molar-refractivity contribution is 6.06. The van der Waals surface area contributed by atoms with E-state index in [1.54, 1.807) is 19.2 Å². The average molecular weight is 353 g/mol. The van der Waals surface area contributed by atoms with E-state index >= 15 is 0 Å². The summed E-state index contributed by atoms with van der Waals surface area (Å²) >= 11 is 0. The number of nitrogens with zero attached hydrogens (tertiary/aromatic N) is 1. The molecule has 1 atom stereocenters. The van der Waals surface area contributed by atoms with Gasteiger partial charge in [-0.3, -0.25) is 9.69 Å². The number of carbonyl (C=O) groups excluding carboxylic acids is 2. The Bertz CT molecular complexity index is 902. The zero-order valence-corrected chi connectivity index (χ0v) is 14.1. The molecule has 132 valence electrons. The SMILES string of the molecule is COc1ccc([C@H]2CC(=O)N(c3ccc(F)cc3)C3=C2C(=O)OC3)cc1. The Kier molecular flexibility index (Phi) is 3.95. The Morgan fingerprint density at radius 3 is 2.42 bits per heavy atom. The zero-order chi connectivity index (χ0) is 18.3. The molecule has 2 aromatic rings. The number of hydrogen-bond acceptors (Lipinski definition) is 4. The molecule has 0 fully saturated rings. The van der Waals surface area contributed by atoms with Crippen molar-refractivity contribution in [3.63, 3.8) is 0 Å². The van der Waals surface area contributed by atoms with Gasteiger partial charge in [0.1, 0.15) is 18.2 Å². The Morgan fingerprint density at radius 2 is 1.77 bits per heavy atom. The van der Waals surface area contributed by atoms with Gasteiger partial charge in [0.25, 0.3) is 0 Å². The van der Waals surface area contributed by atoms with Gasteiger partial charge in [-0.15, -0.1) is 0 Å². The predicted octanol–water partition coefficient (Wildman–Crippen LogP) is 3.17. The van der Waals surface area contributed by atoms with Crippen molar-refractivity contribution in [3.8, 4) is 5.75 Å². The fraction of sp³-hybridized carbons (Fsp3) is 0.200. The van der Waals surface area contributed by atoms with E-state index in [2.05, 4.69) is 0 Å². The quantitative estimate of drug-likeness (QED) is 0.796. The fourth-order valence-electron chi connectivity index (χ4n) is 3.46. The van der Waals surface area contributed by atoms with Crippen LogP contribution >= 0.6 is 0 Å². The number of rotatable bonds is 3. The number of esters is 1. The first-order valence-electron chi connectivity index (χ1n) is 8.21. The minimum atomic E-state index is -0.416. The Morgan fingerprint density at radius 1 is 1.08 bits per heavy atom. The predicted molar refractivity (Wildman–Crippen MR) is 92.2 cm³/mol. The van der Waals surface area contributed by atoms with Crippen molar-refractivity contribution in [3.05, 3.63) is 71.2 Å². The van der Waals surface area contributed by atoms with Crippen LogP contribution in [0.1, 0.15) is 17.9 Å². The molecule has 6 heteroatoms. The highest BCUT2D eigenvalue weighted by Gasteiger charge is 2.42. The van der Waals surface area contributed by atoms with Gasteiger partial charge < -0.3 is 9.47 Å². The molecule has 2 aliphatic heterocycles. The number of methoxy groups -OCH3 is 1. The summed E-state index contributed by atoms with van der Waals surface area (Å²) in [5, 5.41) is 0. The molecule has 0 saturated heterocycles. The van der Waals surface area contributed by atoms with Gasteiger partial charge in [-0.1, -0.05) is 12.1 Å². The lowest BCUT2D eigenvalue weighted by molar-refractivity contribution is -0.136. The smallest absolute Gasteiger partial charge is 0.336 e. The summed E-state index contributed by atoms with van der Waals surface area (Å²) in [4.78, 5) is 26.7. The van der Waals surface area contributed by atoms with Crippen molar-refractivity contribution in [1.82, 2.24) is 0 Å². The number of amides is 1. The normalized spacial score (nSPS) is 19.5. The first-order chi connectivity index (χ1) is 12.6. The summed E-state index contributed by atoms with van der Waals surface area (Å²) in [6.45, 7) is 0.0317. The lowest BCUT2D eigenvalue weighted by atomic mass is 9.84. The van der Waals surface area contributed by atoms with E-state index in [-0.39, 0.29) is 30.7 Å². The molecule has 2 aromatic carbocycles. The zero-order valence-electron chi connectivity index (χ0n) is 14.1. The number of cyclic esters (lactones) is 1. The van der Waals surface area contributed by atoms with Crippen molar-refractivity contribution in [2.24, 2.45) is 0 Å². The second kappa shape index (κ2) is 6.29. The molecule has 26 heavy (non-hydrogen) atoms. The molecule has 0 bridgehead atoms. The van der Waals surface area contributed by atoms with Gasteiger partial charge in [0, 0.05) is 18.0 Å². The van der Waals surface area contributed by atoms with Crippen LogP contribution in [0, 0.1) is 5.82 Å². The third-order valence-electron chi connectivity index (χ3n) is 4.72. The van der Waals surface area contributed by atoms with E-state index in [1.165, 1.54) is 29.2 Å². The second-order valence-corrected chi connectivity index (χ2v) is 6.17. The summed E-state index contributed by atoms with van der Waals surface area (Å²) in [5.41, 5.74) is 2.39. The van der Waals surface area contributed by atoms with Crippen molar-refractivity contribution in [2.75, 3.05) is 18.6 Å². The van der Waals surface area contributed by atoms with E-state index < -0.39 is 5.97 Å². The third-order valence-corrected chi connectivity index (χ3v) is 4.72.